The van der Waals surface area contributed by atoms with Crippen LogP contribution in [-0.2, 0) is 0 Å². The van der Waals surface area contributed by atoms with E-state index in [9.17, 15) is 0 Å². The van der Waals surface area contributed by atoms with E-state index < -0.39 is 0 Å². The van der Waals surface area contributed by atoms with Gasteiger partial charge in [0.25, 0.3) is 0 Å². The van der Waals surface area contributed by atoms with E-state index >= 15 is 0 Å². The Bertz CT molecular complexity index is 338. The summed E-state index contributed by atoms with van der Waals surface area (Å²) in [4.78, 5) is 0. The molecular formula is C14H15N. The third-order valence-corrected chi connectivity index (χ3v) is 2.13. The van der Waals surface area contributed by atoms with Crippen LogP contribution in [0.25, 0.3) is 11.1 Å². The zero-order valence-corrected chi connectivity index (χ0v) is 8.69. The van der Waals surface area contributed by atoms with Crippen molar-refractivity contribution in [3.63, 3.8) is 0 Å². The average molecular weight is 197 g/mol. The number of benzene rings is 2. The topological polar surface area (TPSA) is 21.9 Å². The van der Waals surface area contributed by atoms with Crippen molar-refractivity contribution in [3.8, 4) is 11.1 Å². The summed E-state index contributed by atoms with van der Waals surface area (Å²) in [7, 11) is 0. The fourth-order valence-electron chi connectivity index (χ4n) is 1.26. The van der Waals surface area contributed by atoms with Gasteiger partial charge in [-0.25, -0.2) is 0 Å². The van der Waals surface area contributed by atoms with Gasteiger partial charge < -0.3 is 5.32 Å². The summed E-state index contributed by atoms with van der Waals surface area (Å²) in [6.07, 6.45) is 0. The van der Waals surface area contributed by atoms with Gasteiger partial charge in [-0.3, -0.25) is 0 Å². The summed E-state index contributed by atoms with van der Waals surface area (Å²) in [6, 6.07) is 20.8. The Morgan fingerprint density at radius 2 is 0.933 bits per heavy atom. The molecule has 0 radical (unpaired) electrons. The molecule has 1 aliphatic rings. The van der Waals surface area contributed by atoms with Crippen molar-refractivity contribution in [1.29, 1.82) is 0 Å². The fraction of sp³-hybridized carbons (Fsp3) is 0.143. The van der Waals surface area contributed by atoms with Crippen molar-refractivity contribution < 1.29 is 0 Å². The summed E-state index contributed by atoms with van der Waals surface area (Å²) in [5, 5.41) is 3.00. The van der Waals surface area contributed by atoms with Gasteiger partial charge in [-0.05, 0) is 11.1 Å². The van der Waals surface area contributed by atoms with Crippen LogP contribution in [-0.4, -0.2) is 13.1 Å². The Morgan fingerprint density at radius 1 is 0.600 bits per heavy atom. The molecule has 1 saturated heterocycles. The maximum atomic E-state index is 3.00. The van der Waals surface area contributed by atoms with Crippen LogP contribution in [0.3, 0.4) is 0 Å². The molecule has 0 saturated carbocycles. The maximum Gasteiger partial charge on any atom is 0.00772 e. The molecule has 15 heavy (non-hydrogen) atoms. The van der Waals surface area contributed by atoms with Crippen LogP contribution < -0.4 is 5.32 Å². The van der Waals surface area contributed by atoms with Gasteiger partial charge in [0, 0.05) is 13.1 Å². The highest BCUT2D eigenvalue weighted by Crippen LogP contribution is 2.17. The smallest absolute Gasteiger partial charge is 0.00772 e. The van der Waals surface area contributed by atoms with Crippen molar-refractivity contribution in [2.75, 3.05) is 13.1 Å². The van der Waals surface area contributed by atoms with Crippen LogP contribution in [0.5, 0.6) is 0 Å². The van der Waals surface area contributed by atoms with Crippen molar-refractivity contribution in [2.24, 2.45) is 0 Å². The van der Waals surface area contributed by atoms with Crippen LogP contribution in [0.1, 0.15) is 0 Å². The molecule has 0 aromatic heterocycles. The van der Waals surface area contributed by atoms with Crippen molar-refractivity contribution in [3.05, 3.63) is 60.7 Å². The summed E-state index contributed by atoms with van der Waals surface area (Å²) in [5.41, 5.74) is 2.55. The number of rotatable bonds is 1. The zero-order chi connectivity index (χ0) is 10.3. The molecule has 0 unspecified atom stereocenters. The van der Waals surface area contributed by atoms with E-state index in [2.05, 4.69) is 53.8 Å². The van der Waals surface area contributed by atoms with Crippen LogP contribution in [0.15, 0.2) is 60.7 Å². The van der Waals surface area contributed by atoms with E-state index in [1.165, 1.54) is 24.2 Å². The molecule has 1 nitrogen and oxygen atoms in total. The lowest BCUT2D eigenvalue weighted by molar-refractivity contribution is 1.34. The van der Waals surface area contributed by atoms with Crippen molar-refractivity contribution >= 4 is 0 Å². The van der Waals surface area contributed by atoms with Crippen molar-refractivity contribution in [1.82, 2.24) is 5.32 Å². The van der Waals surface area contributed by atoms with Gasteiger partial charge in [-0.1, -0.05) is 60.7 Å². The minimum Gasteiger partial charge on any atom is -0.314 e. The molecule has 76 valence electrons. The fourth-order valence-corrected chi connectivity index (χ4v) is 1.26. The second-order valence-corrected chi connectivity index (χ2v) is 3.48. The lowest BCUT2D eigenvalue weighted by Gasteiger charge is -1.98. The van der Waals surface area contributed by atoms with E-state index in [4.69, 9.17) is 0 Å². The van der Waals surface area contributed by atoms with Gasteiger partial charge in [-0.15, -0.1) is 0 Å². The zero-order valence-electron chi connectivity index (χ0n) is 8.69. The largest absolute Gasteiger partial charge is 0.314 e. The van der Waals surface area contributed by atoms with Crippen LogP contribution >= 0.6 is 0 Å². The van der Waals surface area contributed by atoms with Gasteiger partial charge in [-0.2, -0.15) is 0 Å². The minimum absolute atomic E-state index is 1.25. The molecule has 0 amide bonds. The van der Waals surface area contributed by atoms with Gasteiger partial charge >= 0.3 is 0 Å². The molecule has 3 rings (SSSR count). The molecular weight excluding hydrogens is 182 g/mol. The monoisotopic (exact) mass is 197 g/mol. The molecule has 2 aromatic rings. The second kappa shape index (κ2) is 5.32. The molecule has 1 aliphatic heterocycles. The van der Waals surface area contributed by atoms with E-state index in [1.807, 2.05) is 12.1 Å². The first-order valence-corrected chi connectivity index (χ1v) is 5.28. The first-order valence-electron chi connectivity index (χ1n) is 5.28. The molecule has 1 fully saturated rings. The predicted molar refractivity (Wildman–Crippen MR) is 64.7 cm³/mol. The number of nitrogens with one attached hydrogen (secondary N) is 1. The SMILES string of the molecule is C1CN1.c1ccc(-c2ccccc2)cc1. The number of hydrogen-bond acceptors (Lipinski definition) is 1. The maximum absolute atomic E-state index is 3.00. The quantitative estimate of drug-likeness (QED) is 0.697. The second-order valence-electron chi connectivity index (χ2n) is 3.48. The van der Waals surface area contributed by atoms with E-state index in [0.29, 0.717) is 0 Å². The number of hydrogen-bond donors (Lipinski definition) is 1. The summed E-state index contributed by atoms with van der Waals surface area (Å²) < 4.78 is 0. The summed E-state index contributed by atoms with van der Waals surface area (Å²) >= 11 is 0. The highest BCUT2D eigenvalue weighted by Gasteiger charge is 1.92. The third kappa shape index (κ3) is 3.56. The van der Waals surface area contributed by atoms with Gasteiger partial charge in [0.15, 0.2) is 0 Å². The third-order valence-electron chi connectivity index (χ3n) is 2.13. The summed E-state index contributed by atoms with van der Waals surface area (Å²) in [6.45, 7) is 2.50. The molecule has 1 heteroatoms. The lowest BCUT2D eigenvalue weighted by Crippen LogP contribution is -1.73. The van der Waals surface area contributed by atoms with E-state index in [0.717, 1.165) is 0 Å². The first-order chi connectivity index (χ1) is 7.47. The highest BCUT2D eigenvalue weighted by molar-refractivity contribution is 5.62. The normalized spacial score (nSPS) is 12.5. The Morgan fingerprint density at radius 3 is 1.20 bits per heavy atom. The first kappa shape index (κ1) is 9.94. The highest BCUT2D eigenvalue weighted by atomic mass is 15.0. The van der Waals surface area contributed by atoms with Crippen LogP contribution in [0.2, 0.25) is 0 Å². The Kier molecular flexibility index (Phi) is 3.53. The standard InChI is InChI=1S/C12H10.C2H5N/c1-3-7-11(8-4-1)12-9-5-2-6-10-12;1-2-3-1/h1-10H;3H,1-2H2. The Balaban J connectivity index is 0.000000244. The average Bonchev–Trinajstić information content (AvgIpc) is 3.19. The molecule has 0 bridgehead atoms. The Labute approximate surface area is 90.8 Å². The molecule has 0 atom stereocenters. The molecule has 0 aliphatic carbocycles. The van der Waals surface area contributed by atoms with Crippen molar-refractivity contribution in [2.45, 2.75) is 0 Å². The van der Waals surface area contributed by atoms with Gasteiger partial charge in [0.1, 0.15) is 0 Å². The molecule has 0 spiro atoms. The van der Waals surface area contributed by atoms with E-state index in [1.54, 1.807) is 0 Å². The van der Waals surface area contributed by atoms with Crippen LogP contribution in [0, 0.1) is 0 Å². The molecule has 1 N–H and O–H groups in total. The summed E-state index contributed by atoms with van der Waals surface area (Å²) in [5.74, 6) is 0. The lowest BCUT2D eigenvalue weighted by atomic mass is 10.1. The Hall–Kier alpha value is -1.60. The minimum atomic E-state index is 1.25. The predicted octanol–water partition coefficient (Wildman–Crippen LogP) is 2.94. The molecule has 1 heterocycles. The van der Waals surface area contributed by atoms with E-state index in [-0.39, 0.29) is 0 Å². The molecule has 2 aromatic carbocycles. The van der Waals surface area contributed by atoms with Gasteiger partial charge in [0.05, 0.1) is 0 Å². The van der Waals surface area contributed by atoms with Crippen LogP contribution in [0.4, 0.5) is 0 Å². The van der Waals surface area contributed by atoms with Gasteiger partial charge in [0.2, 0.25) is 0 Å².